The van der Waals surface area contributed by atoms with Gasteiger partial charge in [0.25, 0.3) is 10.0 Å². The van der Waals surface area contributed by atoms with E-state index in [1.807, 2.05) is 0 Å². The van der Waals surface area contributed by atoms with Crippen molar-refractivity contribution in [3.05, 3.63) is 12.7 Å². The van der Waals surface area contributed by atoms with E-state index >= 15 is 0 Å². The maximum absolute atomic E-state index is 13.9. The van der Waals surface area contributed by atoms with Crippen LogP contribution in [-0.4, -0.2) is 72.8 Å². The number of hydrogen-bond acceptors (Lipinski definition) is 2. The minimum atomic E-state index is -8.84. The molecule has 0 aliphatic rings. The molecule has 0 aromatic rings. The number of halogens is 17. The van der Waals surface area contributed by atoms with E-state index in [1.54, 1.807) is 0 Å². The van der Waals surface area contributed by atoms with Crippen molar-refractivity contribution in [3.63, 3.8) is 0 Å². The van der Waals surface area contributed by atoms with Crippen LogP contribution in [0.5, 0.6) is 0 Å². The van der Waals surface area contributed by atoms with E-state index < -0.39 is 74.4 Å². The Bertz CT molecular complexity index is 861. The molecule has 3 nitrogen and oxygen atoms in total. The number of sulfonamides is 1. The van der Waals surface area contributed by atoms with Crippen LogP contribution in [-0.2, 0) is 10.0 Å². The SMILES string of the molecule is C=CCN(CC)S(=O)(=O)C(F)(F)C(F)(F)C(F)(F)C(F)(F)C(F)(F)C(F)(F)C(F)(F)C(F)(F)F. The summed E-state index contributed by atoms with van der Waals surface area (Å²) >= 11 is 0. The highest BCUT2D eigenvalue weighted by molar-refractivity contribution is 7.90. The standard InChI is InChI=1S/C13H10F17NO2S/c1-3-5-31(4-2)34(32,33)13(29,30)11(24,25)9(20,21)7(16,17)6(14,15)8(18,19)10(22,23)12(26,27)28/h3H,1,4-5H2,2H3. The Labute approximate surface area is 178 Å². The second kappa shape index (κ2) is 8.54. The maximum Gasteiger partial charge on any atom is 0.460 e. The van der Waals surface area contributed by atoms with Gasteiger partial charge in [-0.2, -0.15) is 78.9 Å². The Morgan fingerprint density at radius 1 is 0.618 bits per heavy atom. The third-order valence-electron chi connectivity index (χ3n) is 4.04. The molecule has 204 valence electrons. The Kier molecular flexibility index (Phi) is 8.15. The zero-order chi connectivity index (χ0) is 28.2. The molecular formula is C13H10F17NO2S. The van der Waals surface area contributed by atoms with Gasteiger partial charge in [0.15, 0.2) is 0 Å². The predicted octanol–water partition coefficient (Wildman–Crippen LogP) is 5.79. The minimum Gasteiger partial charge on any atom is -0.206 e. The maximum atomic E-state index is 13.9. The summed E-state index contributed by atoms with van der Waals surface area (Å²) in [6.45, 7) is 0.622. The molecule has 0 atom stereocenters. The molecule has 0 saturated heterocycles. The quantitative estimate of drug-likeness (QED) is 0.234. The van der Waals surface area contributed by atoms with E-state index in [1.165, 1.54) is 0 Å². The fourth-order valence-corrected chi connectivity index (χ4v) is 3.43. The van der Waals surface area contributed by atoms with E-state index in [0.29, 0.717) is 13.0 Å². The Hall–Kier alpha value is -1.54. The molecule has 0 saturated carbocycles. The predicted molar refractivity (Wildman–Crippen MR) is 77.0 cm³/mol. The normalized spacial score (nSPS) is 16.2. The monoisotopic (exact) mass is 567 g/mol. The Morgan fingerprint density at radius 2 is 0.912 bits per heavy atom. The van der Waals surface area contributed by atoms with E-state index in [4.69, 9.17) is 0 Å². The molecule has 0 aliphatic heterocycles. The average molecular weight is 567 g/mol. The van der Waals surface area contributed by atoms with E-state index in [9.17, 15) is 83.1 Å². The van der Waals surface area contributed by atoms with Gasteiger partial charge in [-0.05, 0) is 0 Å². The highest BCUT2D eigenvalue weighted by Gasteiger charge is 2.96. The summed E-state index contributed by atoms with van der Waals surface area (Å²) in [4.78, 5) is 0. The zero-order valence-corrected chi connectivity index (χ0v) is 16.6. The van der Waals surface area contributed by atoms with Gasteiger partial charge in [-0.15, -0.1) is 6.58 Å². The van der Waals surface area contributed by atoms with Gasteiger partial charge in [0, 0.05) is 13.1 Å². The van der Waals surface area contributed by atoms with Crippen LogP contribution >= 0.6 is 0 Å². The molecule has 21 heteroatoms. The van der Waals surface area contributed by atoms with Crippen molar-refractivity contribution in [3.8, 4) is 0 Å². The van der Waals surface area contributed by atoms with Gasteiger partial charge in [-0.25, -0.2) is 8.42 Å². The van der Waals surface area contributed by atoms with Crippen molar-refractivity contribution in [1.29, 1.82) is 0 Å². The van der Waals surface area contributed by atoms with E-state index in [2.05, 4.69) is 6.58 Å². The summed E-state index contributed by atoms with van der Waals surface area (Å²) in [5.41, 5.74) is 0. The van der Waals surface area contributed by atoms with E-state index in [-0.39, 0.29) is 0 Å². The molecule has 0 radical (unpaired) electrons. The molecule has 0 aromatic heterocycles. The van der Waals surface area contributed by atoms with Gasteiger partial charge in [0.05, 0.1) is 0 Å². The first kappa shape index (κ1) is 32.5. The zero-order valence-electron chi connectivity index (χ0n) is 15.8. The number of hydrogen-bond donors (Lipinski definition) is 0. The van der Waals surface area contributed by atoms with Crippen molar-refractivity contribution in [2.75, 3.05) is 13.1 Å². The van der Waals surface area contributed by atoms with Gasteiger partial charge < -0.3 is 0 Å². The molecule has 0 aliphatic carbocycles. The van der Waals surface area contributed by atoms with Crippen molar-refractivity contribution < 1.29 is 83.1 Å². The van der Waals surface area contributed by atoms with Crippen LogP contribution in [0.3, 0.4) is 0 Å². The van der Waals surface area contributed by atoms with Crippen LogP contribution in [0.15, 0.2) is 12.7 Å². The van der Waals surface area contributed by atoms with Crippen molar-refractivity contribution in [1.82, 2.24) is 4.31 Å². The number of likely N-dealkylation sites (N-methyl/N-ethyl adjacent to an activating group) is 1. The lowest BCUT2D eigenvalue weighted by molar-refractivity contribution is -0.458. The van der Waals surface area contributed by atoms with Crippen LogP contribution in [0.4, 0.5) is 74.6 Å². The lowest BCUT2D eigenvalue weighted by Crippen LogP contribution is -2.75. The van der Waals surface area contributed by atoms with Gasteiger partial charge in [0.1, 0.15) is 0 Å². The molecule has 0 N–H and O–H groups in total. The number of alkyl halides is 17. The van der Waals surface area contributed by atoms with Gasteiger partial charge in [-0.1, -0.05) is 13.0 Å². The molecule has 0 fully saturated rings. The van der Waals surface area contributed by atoms with E-state index in [0.717, 1.165) is 0 Å². The fraction of sp³-hybridized carbons (Fsp3) is 0.846. The second-order valence-electron chi connectivity index (χ2n) is 6.21. The first-order valence-corrected chi connectivity index (χ1v) is 9.28. The van der Waals surface area contributed by atoms with Gasteiger partial charge >= 0.3 is 47.0 Å². The Morgan fingerprint density at radius 3 is 1.18 bits per heavy atom. The lowest BCUT2D eigenvalue weighted by atomic mass is 9.91. The van der Waals surface area contributed by atoms with Crippen LogP contribution < -0.4 is 0 Å². The topological polar surface area (TPSA) is 37.4 Å². The van der Waals surface area contributed by atoms with Crippen molar-refractivity contribution in [2.45, 2.75) is 53.9 Å². The van der Waals surface area contributed by atoms with Crippen LogP contribution in [0, 0.1) is 0 Å². The number of nitrogens with zero attached hydrogens (tertiary/aromatic N) is 1. The molecule has 0 heterocycles. The highest BCUT2D eigenvalue weighted by Crippen LogP contribution is 2.64. The molecule has 34 heavy (non-hydrogen) atoms. The van der Waals surface area contributed by atoms with Crippen LogP contribution in [0.2, 0.25) is 0 Å². The molecular weight excluding hydrogens is 557 g/mol. The second-order valence-corrected chi connectivity index (χ2v) is 8.18. The Balaban J connectivity index is 7.04. The fourth-order valence-electron chi connectivity index (χ4n) is 2.01. The molecule has 0 bridgehead atoms. The third-order valence-corrected chi connectivity index (χ3v) is 6.03. The molecule has 0 spiro atoms. The summed E-state index contributed by atoms with van der Waals surface area (Å²) in [7, 11) is -7.24. The highest BCUT2D eigenvalue weighted by atomic mass is 32.2. The summed E-state index contributed by atoms with van der Waals surface area (Å²) < 4.78 is 246. The smallest absolute Gasteiger partial charge is 0.206 e. The summed E-state index contributed by atoms with van der Waals surface area (Å²) in [5.74, 6) is -51.6. The summed E-state index contributed by atoms with van der Waals surface area (Å²) in [5, 5.41) is -7.54. The minimum absolute atomic E-state index is 0.357. The first-order valence-electron chi connectivity index (χ1n) is 7.84. The summed E-state index contributed by atoms with van der Waals surface area (Å²) in [6.07, 6.45) is -7.51. The van der Waals surface area contributed by atoms with Gasteiger partial charge in [0.2, 0.25) is 0 Å². The largest absolute Gasteiger partial charge is 0.460 e. The van der Waals surface area contributed by atoms with Crippen molar-refractivity contribution >= 4 is 10.0 Å². The average Bonchev–Trinajstić information content (AvgIpc) is 2.63. The third kappa shape index (κ3) is 3.98. The van der Waals surface area contributed by atoms with Crippen LogP contribution in [0.25, 0.3) is 0 Å². The van der Waals surface area contributed by atoms with Crippen LogP contribution in [0.1, 0.15) is 6.92 Å². The van der Waals surface area contributed by atoms with Crippen molar-refractivity contribution in [2.24, 2.45) is 0 Å². The molecule has 0 aromatic carbocycles. The van der Waals surface area contributed by atoms with Gasteiger partial charge in [-0.3, -0.25) is 0 Å². The summed E-state index contributed by atoms with van der Waals surface area (Å²) in [6, 6.07) is 0. The molecule has 0 unspecified atom stereocenters. The molecule has 0 rings (SSSR count). The molecule has 0 amide bonds. The lowest BCUT2D eigenvalue weighted by Gasteiger charge is -2.42. The number of rotatable bonds is 11. The first-order chi connectivity index (χ1) is 14.5.